The number of hydrogen-bond donors (Lipinski definition) is 1. The highest BCUT2D eigenvalue weighted by Crippen LogP contribution is 2.15. The van der Waals surface area contributed by atoms with Crippen LogP contribution in [0, 0.1) is 11.8 Å². The van der Waals surface area contributed by atoms with Crippen LogP contribution in [0.15, 0.2) is 48.5 Å². The van der Waals surface area contributed by atoms with Gasteiger partial charge in [-0.25, -0.2) is 0 Å². The smallest absolute Gasteiger partial charge is 0.251 e. The molecular formula is C17H13NO. The molecule has 0 aromatic heterocycles. The molecule has 0 bridgehead atoms. The largest absolute Gasteiger partial charge is 0.352 e. The molecule has 1 aliphatic heterocycles. The van der Waals surface area contributed by atoms with E-state index in [0.29, 0.717) is 6.54 Å². The molecule has 92 valence electrons. The summed E-state index contributed by atoms with van der Waals surface area (Å²) < 4.78 is 0. The zero-order valence-corrected chi connectivity index (χ0v) is 10.4. The van der Waals surface area contributed by atoms with E-state index in [0.717, 1.165) is 28.7 Å². The molecule has 1 aliphatic rings. The summed E-state index contributed by atoms with van der Waals surface area (Å²) in [5.41, 5.74) is 3.82. The summed E-state index contributed by atoms with van der Waals surface area (Å²) in [4.78, 5) is 11.6. The van der Waals surface area contributed by atoms with Crippen molar-refractivity contribution in [3.05, 3.63) is 70.8 Å². The van der Waals surface area contributed by atoms with Crippen LogP contribution in [-0.4, -0.2) is 12.5 Å². The number of carbonyl (C=O) groups excluding carboxylic acids is 1. The Morgan fingerprint density at radius 3 is 2.58 bits per heavy atom. The first-order valence-corrected chi connectivity index (χ1v) is 6.31. The fourth-order valence-corrected chi connectivity index (χ4v) is 2.17. The zero-order chi connectivity index (χ0) is 13.1. The van der Waals surface area contributed by atoms with E-state index >= 15 is 0 Å². The number of nitrogens with one attached hydrogen (secondary N) is 1. The van der Waals surface area contributed by atoms with Gasteiger partial charge < -0.3 is 5.32 Å². The molecule has 0 atom stereocenters. The van der Waals surface area contributed by atoms with Gasteiger partial charge in [0.1, 0.15) is 0 Å². The molecule has 0 spiro atoms. The fourth-order valence-electron chi connectivity index (χ4n) is 2.17. The Bertz CT molecular complexity index is 677. The molecule has 0 saturated carbocycles. The summed E-state index contributed by atoms with van der Waals surface area (Å²) in [6, 6.07) is 15.7. The average molecular weight is 247 g/mol. The molecule has 2 aromatic carbocycles. The van der Waals surface area contributed by atoms with Gasteiger partial charge in [0.15, 0.2) is 0 Å². The second-order valence-electron chi connectivity index (χ2n) is 4.49. The van der Waals surface area contributed by atoms with E-state index < -0.39 is 0 Å². The van der Waals surface area contributed by atoms with Crippen molar-refractivity contribution in [1.29, 1.82) is 0 Å². The molecule has 3 rings (SSSR count). The number of hydrogen-bond acceptors (Lipinski definition) is 1. The van der Waals surface area contributed by atoms with Gasteiger partial charge in [-0.1, -0.05) is 30.0 Å². The van der Waals surface area contributed by atoms with E-state index in [2.05, 4.69) is 17.2 Å². The quantitative estimate of drug-likeness (QED) is 0.711. The Kier molecular flexibility index (Phi) is 3.04. The summed E-state index contributed by atoms with van der Waals surface area (Å²) in [6.45, 7) is 0.710. The van der Waals surface area contributed by atoms with Gasteiger partial charge in [-0.2, -0.15) is 0 Å². The van der Waals surface area contributed by atoms with Gasteiger partial charge in [-0.3, -0.25) is 4.79 Å². The van der Waals surface area contributed by atoms with Crippen LogP contribution in [0.2, 0.25) is 0 Å². The van der Waals surface area contributed by atoms with Gasteiger partial charge in [-0.05, 0) is 42.3 Å². The van der Waals surface area contributed by atoms with Crippen molar-refractivity contribution in [2.24, 2.45) is 0 Å². The number of amides is 1. The lowest BCUT2D eigenvalue weighted by atomic mass is 9.98. The number of benzene rings is 2. The summed E-state index contributed by atoms with van der Waals surface area (Å²) in [5, 5.41) is 2.84. The topological polar surface area (TPSA) is 29.1 Å². The molecule has 0 fully saturated rings. The maximum atomic E-state index is 11.6. The van der Waals surface area contributed by atoms with Crippen LogP contribution >= 0.6 is 0 Å². The first kappa shape index (κ1) is 11.6. The highest BCUT2D eigenvalue weighted by molar-refractivity contribution is 5.96. The molecule has 0 saturated heterocycles. The maximum absolute atomic E-state index is 11.6. The van der Waals surface area contributed by atoms with Crippen molar-refractivity contribution in [1.82, 2.24) is 5.32 Å². The number of rotatable bonds is 0. The molecule has 1 N–H and O–H groups in total. The Morgan fingerprint density at radius 1 is 0.947 bits per heavy atom. The van der Waals surface area contributed by atoms with Gasteiger partial charge >= 0.3 is 0 Å². The summed E-state index contributed by atoms with van der Waals surface area (Å²) in [5.74, 6) is 6.29. The Labute approximate surface area is 112 Å². The third-order valence-electron chi connectivity index (χ3n) is 3.15. The average Bonchev–Trinajstić information content (AvgIpc) is 2.46. The fraction of sp³-hybridized carbons (Fsp3) is 0.118. The van der Waals surface area contributed by atoms with E-state index in [4.69, 9.17) is 0 Å². The third kappa shape index (κ3) is 2.51. The lowest BCUT2D eigenvalue weighted by Gasteiger charge is -2.16. The van der Waals surface area contributed by atoms with E-state index in [1.54, 1.807) is 0 Å². The van der Waals surface area contributed by atoms with Crippen molar-refractivity contribution < 1.29 is 4.79 Å². The Hall–Kier alpha value is -2.53. The highest BCUT2D eigenvalue weighted by Gasteiger charge is 2.15. The lowest BCUT2D eigenvalue weighted by molar-refractivity contribution is 0.0946. The normalized spacial score (nSPS) is 12.9. The molecule has 1 amide bonds. The van der Waals surface area contributed by atoms with Crippen LogP contribution < -0.4 is 5.32 Å². The second-order valence-corrected chi connectivity index (χ2v) is 4.49. The predicted octanol–water partition coefficient (Wildman–Crippen LogP) is 2.37. The highest BCUT2D eigenvalue weighted by atomic mass is 16.1. The summed E-state index contributed by atoms with van der Waals surface area (Å²) in [6.07, 6.45) is 0.877. The molecule has 2 heteroatoms. The van der Waals surface area contributed by atoms with Crippen LogP contribution in [0.4, 0.5) is 0 Å². The number of carbonyl (C=O) groups is 1. The summed E-state index contributed by atoms with van der Waals surface area (Å²) >= 11 is 0. The SMILES string of the molecule is O=C1NCCc2cc(C#Cc3ccccc3)ccc21. The molecule has 1 heterocycles. The van der Waals surface area contributed by atoms with E-state index in [-0.39, 0.29) is 5.91 Å². The second kappa shape index (κ2) is 4.99. The van der Waals surface area contributed by atoms with Crippen molar-refractivity contribution in [3.63, 3.8) is 0 Å². The molecule has 2 nitrogen and oxygen atoms in total. The molecule has 0 unspecified atom stereocenters. The van der Waals surface area contributed by atoms with Crippen molar-refractivity contribution in [2.75, 3.05) is 6.54 Å². The molecule has 0 radical (unpaired) electrons. The minimum atomic E-state index is 0.0174. The first-order chi connectivity index (χ1) is 9.33. The van der Waals surface area contributed by atoms with E-state index in [1.165, 1.54) is 0 Å². The lowest BCUT2D eigenvalue weighted by Crippen LogP contribution is -2.31. The van der Waals surface area contributed by atoms with Crippen LogP contribution in [0.1, 0.15) is 27.0 Å². The van der Waals surface area contributed by atoms with Crippen molar-refractivity contribution in [2.45, 2.75) is 6.42 Å². The minimum absolute atomic E-state index is 0.0174. The van der Waals surface area contributed by atoms with Gasteiger partial charge in [0, 0.05) is 23.2 Å². The van der Waals surface area contributed by atoms with Gasteiger partial charge in [0.05, 0.1) is 0 Å². The van der Waals surface area contributed by atoms with Crippen LogP contribution in [0.3, 0.4) is 0 Å². The minimum Gasteiger partial charge on any atom is -0.352 e. The maximum Gasteiger partial charge on any atom is 0.251 e. The van der Waals surface area contributed by atoms with Crippen molar-refractivity contribution in [3.8, 4) is 11.8 Å². The first-order valence-electron chi connectivity index (χ1n) is 6.31. The Balaban J connectivity index is 1.91. The predicted molar refractivity (Wildman–Crippen MR) is 74.9 cm³/mol. The molecular weight excluding hydrogens is 234 g/mol. The molecule has 0 aliphatic carbocycles. The molecule has 2 aromatic rings. The standard InChI is InChI=1S/C17H13NO/c19-17-16-9-8-14(12-15(16)10-11-18-17)7-6-13-4-2-1-3-5-13/h1-5,8-9,12H,10-11H2,(H,18,19). The van der Waals surface area contributed by atoms with Gasteiger partial charge in [0.25, 0.3) is 5.91 Å². The molecule has 19 heavy (non-hydrogen) atoms. The summed E-state index contributed by atoms with van der Waals surface area (Å²) in [7, 11) is 0. The monoisotopic (exact) mass is 247 g/mol. The van der Waals surface area contributed by atoms with Crippen LogP contribution in [-0.2, 0) is 6.42 Å². The van der Waals surface area contributed by atoms with E-state index in [1.807, 2.05) is 48.5 Å². The Morgan fingerprint density at radius 2 is 1.74 bits per heavy atom. The number of fused-ring (bicyclic) bond motifs is 1. The zero-order valence-electron chi connectivity index (χ0n) is 10.4. The van der Waals surface area contributed by atoms with Crippen LogP contribution in [0.25, 0.3) is 0 Å². The van der Waals surface area contributed by atoms with Crippen molar-refractivity contribution >= 4 is 5.91 Å². The van der Waals surface area contributed by atoms with Gasteiger partial charge in [-0.15, -0.1) is 0 Å². The van der Waals surface area contributed by atoms with Crippen LogP contribution in [0.5, 0.6) is 0 Å². The van der Waals surface area contributed by atoms with E-state index in [9.17, 15) is 4.79 Å². The third-order valence-corrected chi connectivity index (χ3v) is 3.15. The van der Waals surface area contributed by atoms with Gasteiger partial charge in [0.2, 0.25) is 0 Å².